The fourth-order valence-corrected chi connectivity index (χ4v) is 5.31. The Bertz CT molecular complexity index is 2190. The highest BCUT2D eigenvalue weighted by Gasteiger charge is 2.18. The number of imidazole rings is 1. The van der Waals surface area contributed by atoms with Crippen LogP contribution in [0.25, 0.3) is 56.0 Å². The molecular weight excluding hydrogens is 581 g/mol. The van der Waals surface area contributed by atoms with E-state index < -0.39 is 0 Å². The number of hydrogen-bond acceptors (Lipinski definition) is 7. The Hall–Kier alpha value is -5.94. The van der Waals surface area contributed by atoms with Crippen molar-refractivity contribution in [3.63, 3.8) is 0 Å². The number of hydrogen-bond donors (Lipinski definition) is 4. The van der Waals surface area contributed by atoms with E-state index >= 15 is 0 Å². The van der Waals surface area contributed by atoms with Gasteiger partial charge in [0.15, 0.2) is 11.5 Å². The number of aromatic nitrogens is 6. The molecule has 4 aromatic heterocycles. The number of halogens is 1. The van der Waals surface area contributed by atoms with E-state index in [1.807, 2.05) is 74.8 Å². The number of anilines is 2. The van der Waals surface area contributed by atoms with Crippen LogP contribution in [0, 0.1) is 5.82 Å². The largest absolute Gasteiger partial charge is 0.384 e. The topological polar surface area (TPSA) is 128 Å². The minimum atomic E-state index is -0.328. The minimum absolute atomic E-state index is 0.223. The van der Waals surface area contributed by atoms with Crippen LogP contribution < -0.4 is 10.6 Å². The maximum absolute atomic E-state index is 14.7. The van der Waals surface area contributed by atoms with E-state index in [0.717, 1.165) is 34.3 Å². The Morgan fingerprint density at radius 1 is 0.848 bits per heavy atom. The number of nitrogens with zero attached hydrogens (tertiary/aromatic N) is 5. The summed E-state index contributed by atoms with van der Waals surface area (Å²) in [5.41, 5.74) is 8.10. The summed E-state index contributed by atoms with van der Waals surface area (Å²) in [5, 5.41) is 13.8. The van der Waals surface area contributed by atoms with Gasteiger partial charge in [-0.05, 0) is 74.3 Å². The number of nitrogens with one attached hydrogen (secondary N) is 4. The summed E-state index contributed by atoms with van der Waals surface area (Å²) in [4.78, 5) is 32.3. The SMILES string of the molecule is CN(C)CCNc1cc(F)cc(-c2cccc3[nH]c(-c4n[nH]c5ccc(-c6cncc(NC(=O)c7ccccc7)c6)nc45)nc23)c1. The van der Waals surface area contributed by atoms with Crippen molar-refractivity contribution in [3.05, 3.63) is 109 Å². The highest BCUT2D eigenvalue weighted by molar-refractivity contribution is 6.04. The van der Waals surface area contributed by atoms with Gasteiger partial charge in [-0.15, -0.1) is 0 Å². The number of likely N-dealkylation sites (N-methyl/N-ethyl adjacent to an activating group) is 1. The Morgan fingerprint density at radius 3 is 2.54 bits per heavy atom. The first kappa shape index (κ1) is 28.8. The second-order valence-corrected chi connectivity index (χ2v) is 11.2. The molecule has 0 saturated carbocycles. The third kappa shape index (κ3) is 5.91. The van der Waals surface area contributed by atoms with Crippen molar-refractivity contribution < 1.29 is 9.18 Å². The quantitative estimate of drug-likeness (QED) is 0.145. The first-order chi connectivity index (χ1) is 22.4. The minimum Gasteiger partial charge on any atom is -0.384 e. The standard InChI is InChI=1S/C35H30FN9O/c1-45(2)14-13-38-25-16-22(15-24(36)18-25)27-9-6-10-29-31(27)42-34(41-29)33-32-30(43-44-33)12-11-28(40-32)23-17-26(20-37-19-23)39-35(46)21-7-4-3-5-8-21/h3-12,15-20,38H,13-14H2,1-2H3,(H,39,46)(H,41,42)(H,43,44). The number of carbonyl (C=O) groups excluding carboxylic acids is 1. The number of amides is 1. The highest BCUT2D eigenvalue weighted by atomic mass is 19.1. The van der Waals surface area contributed by atoms with Crippen molar-refractivity contribution >= 4 is 39.3 Å². The molecule has 0 atom stereocenters. The molecule has 0 aliphatic rings. The normalized spacial score (nSPS) is 11.4. The number of benzene rings is 3. The molecule has 0 fully saturated rings. The molecule has 11 heteroatoms. The number of para-hydroxylation sites is 1. The van der Waals surface area contributed by atoms with Crippen molar-refractivity contribution in [3.8, 4) is 33.9 Å². The van der Waals surface area contributed by atoms with Gasteiger partial charge in [-0.3, -0.25) is 14.9 Å². The Balaban J connectivity index is 1.21. The molecule has 7 rings (SSSR count). The summed E-state index contributed by atoms with van der Waals surface area (Å²) in [7, 11) is 3.99. The van der Waals surface area contributed by atoms with E-state index in [4.69, 9.17) is 9.97 Å². The lowest BCUT2D eigenvalue weighted by molar-refractivity contribution is 0.102. The van der Waals surface area contributed by atoms with Gasteiger partial charge >= 0.3 is 0 Å². The van der Waals surface area contributed by atoms with Crippen LogP contribution in [0.2, 0.25) is 0 Å². The Morgan fingerprint density at radius 2 is 1.70 bits per heavy atom. The van der Waals surface area contributed by atoms with Crippen molar-refractivity contribution in [1.82, 2.24) is 35.0 Å². The predicted octanol–water partition coefficient (Wildman–Crippen LogP) is 6.60. The van der Waals surface area contributed by atoms with Crippen molar-refractivity contribution in [1.29, 1.82) is 0 Å². The first-order valence-electron chi connectivity index (χ1n) is 14.8. The number of aromatic amines is 2. The first-order valence-corrected chi connectivity index (χ1v) is 14.8. The zero-order chi connectivity index (χ0) is 31.6. The fraction of sp³-hybridized carbons (Fsp3) is 0.114. The van der Waals surface area contributed by atoms with Crippen LogP contribution in [0.5, 0.6) is 0 Å². The van der Waals surface area contributed by atoms with Crippen molar-refractivity contribution in [2.24, 2.45) is 0 Å². The van der Waals surface area contributed by atoms with Crippen LogP contribution in [-0.4, -0.2) is 68.1 Å². The third-order valence-corrected chi connectivity index (χ3v) is 7.57. The molecule has 0 saturated heterocycles. The molecule has 0 unspecified atom stereocenters. The van der Waals surface area contributed by atoms with Crippen molar-refractivity contribution in [2.45, 2.75) is 0 Å². The molecule has 0 aliphatic carbocycles. The average molecular weight is 612 g/mol. The summed E-state index contributed by atoms with van der Waals surface area (Å²) in [6.45, 7) is 1.51. The molecule has 4 heterocycles. The number of fused-ring (bicyclic) bond motifs is 2. The van der Waals surface area contributed by atoms with E-state index in [2.05, 4.69) is 35.7 Å². The molecule has 1 amide bonds. The average Bonchev–Trinajstić information content (AvgIpc) is 3.69. The van der Waals surface area contributed by atoms with Crippen LogP contribution in [0.15, 0.2) is 97.3 Å². The van der Waals surface area contributed by atoms with Crippen LogP contribution >= 0.6 is 0 Å². The molecular formula is C35H30FN9O. The van der Waals surface area contributed by atoms with Crippen LogP contribution in [0.1, 0.15) is 10.4 Å². The summed E-state index contributed by atoms with van der Waals surface area (Å²) >= 11 is 0. The summed E-state index contributed by atoms with van der Waals surface area (Å²) in [6, 6.07) is 25.3. The fourth-order valence-electron chi connectivity index (χ4n) is 5.31. The van der Waals surface area contributed by atoms with Gasteiger partial charge in [0.05, 0.1) is 34.1 Å². The second-order valence-electron chi connectivity index (χ2n) is 11.2. The van der Waals surface area contributed by atoms with Gasteiger partial charge in [0.2, 0.25) is 0 Å². The van der Waals surface area contributed by atoms with Gasteiger partial charge in [-0.1, -0.05) is 30.3 Å². The predicted molar refractivity (Wildman–Crippen MR) is 179 cm³/mol. The molecule has 3 aromatic carbocycles. The van der Waals surface area contributed by atoms with Gasteiger partial charge in [0, 0.05) is 41.7 Å². The zero-order valence-corrected chi connectivity index (χ0v) is 25.2. The number of pyridine rings is 2. The van der Waals surface area contributed by atoms with E-state index in [1.54, 1.807) is 24.5 Å². The van der Waals surface area contributed by atoms with Crippen molar-refractivity contribution in [2.75, 3.05) is 37.8 Å². The van der Waals surface area contributed by atoms with E-state index in [1.165, 1.54) is 12.1 Å². The molecule has 46 heavy (non-hydrogen) atoms. The lowest BCUT2D eigenvalue weighted by Crippen LogP contribution is -2.20. The number of H-pyrrole nitrogens is 2. The molecule has 10 nitrogen and oxygen atoms in total. The molecule has 228 valence electrons. The Labute approximate surface area is 263 Å². The lowest BCUT2D eigenvalue weighted by atomic mass is 10.0. The van der Waals surface area contributed by atoms with E-state index in [-0.39, 0.29) is 11.7 Å². The van der Waals surface area contributed by atoms with Crippen LogP contribution in [0.4, 0.5) is 15.8 Å². The van der Waals surface area contributed by atoms with E-state index in [9.17, 15) is 9.18 Å². The zero-order valence-electron chi connectivity index (χ0n) is 25.2. The van der Waals surface area contributed by atoms with Gasteiger partial charge in [0.1, 0.15) is 11.3 Å². The molecule has 0 aliphatic heterocycles. The summed E-state index contributed by atoms with van der Waals surface area (Å²) in [6.07, 6.45) is 3.29. The summed E-state index contributed by atoms with van der Waals surface area (Å²) in [5.74, 6) is -0.0219. The highest BCUT2D eigenvalue weighted by Crippen LogP contribution is 2.33. The molecule has 0 radical (unpaired) electrons. The van der Waals surface area contributed by atoms with E-state index in [0.29, 0.717) is 51.7 Å². The lowest BCUT2D eigenvalue weighted by Gasteiger charge is -2.13. The number of carbonyl (C=O) groups is 1. The van der Waals surface area contributed by atoms with Crippen LogP contribution in [0.3, 0.4) is 0 Å². The molecule has 7 aromatic rings. The summed E-state index contributed by atoms with van der Waals surface area (Å²) < 4.78 is 14.7. The monoisotopic (exact) mass is 611 g/mol. The second kappa shape index (κ2) is 12.2. The van der Waals surface area contributed by atoms with Gasteiger partial charge in [-0.2, -0.15) is 5.10 Å². The van der Waals surface area contributed by atoms with Crippen LogP contribution in [-0.2, 0) is 0 Å². The third-order valence-electron chi connectivity index (χ3n) is 7.57. The smallest absolute Gasteiger partial charge is 0.255 e. The molecule has 4 N–H and O–H groups in total. The molecule has 0 bridgehead atoms. The number of rotatable bonds is 9. The molecule has 0 spiro atoms. The Kier molecular flexibility index (Phi) is 7.65. The van der Waals surface area contributed by atoms with Gasteiger partial charge in [-0.25, -0.2) is 14.4 Å². The maximum atomic E-state index is 14.7. The maximum Gasteiger partial charge on any atom is 0.255 e. The van der Waals surface area contributed by atoms with Gasteiger partial charge in [0.25, 0.3) is 5.91 Å². The van der Waals surface area contributed by atoms with Gasteiger partial charge < -0.3 is 20.5 Å².